The van der Waals surface area contributed by atoms with E-state index in [0.717, 1.165) is 25.9 Å². The fourth-order valence-electron chi connectivity index (χ4n) is 1.99. The Bertz CT molecular complexity index is 334. The molecule has 1 nitrogen and oxygen atoms in total. The van der Waals surface area contributed by atoms with E-state index in [1.165, 1.54) is 12.1 Å². The van der Waals surface area contributed by atoms with Crippen LogP contribution in [0, 0.1) is 18.6 Å². The topological polar surface area (TPSA) is 3.24 Å². The van der Waals surface area contributed by atoms with Crippen molar-refractivity contribution < 1.29 is 8.78 Å². The quantitative estimate of drug-likeness (QED) is 0.725. The first-order valence-corrected chi connectivity index (χ1v) is 5.24. The third kappa shape index (κ3) is 1.96. The van der Waals surface area contributed by atoms with Crippen LogP contribution in [0.3, 0.4) is 0 Å². The van der Waals surface area contributed by atoms with Crippen LogP contribution in [-0.4, -0.2) is 13.1 Å². The molecule has 0 N–H and O–H groups in total. The second kappa shape index (κ2) is 4.17. The molecule has 0 bridgehead atoms. The van der Waals surface area contributed by atoms with E-state index in [4.69, 9.17) is 0 Å². The standard InChI is InChI=1S/C12H14F2N/c1-2-10-11(13)7-9(8-12(10)14)15-5-3-4-6-15/h7-8H,1-6H2. The molecule has 1 saturated heterocycles. The summed E-state index contributed by atoms with van der Waals surface area (Å²) in [5, 5.41) is 0. The van der Waals surface area contributed by atoms with Crippen molar-refractivity contribution in [1.82, 2.24) is 0 Å². The zero-order valence-electron chi connectivity index (χ0n) is 8.60. The number of anilines is 1. The lowest BCUT2D eigenvalue weighted by atomic mass is 10.1. The van der Waals surface area contributed by atoms with E-state index in [2.05, 4.69) is 6.92 Å². The molecule has 2 rings (SSSR count). The van der Waals surface area contributed by atoms with Gasteiger partial charge in [-0.25, -0.2) is 8.78 Å². The average molecular weight is 210 g/mol. The largest absolute Gasteiger partial charge is 0.371 e. The second-order valence-electron chi connectivity index (χ2n) is 3.83. The molecule has 81 valence electrons. The van der Waals surface area contributed by atoms with Gasteiger partial charge in [-0.15, -0.1) is 0 Å². The number of rotatable bonds is 2. The van der Waals surface area contributed by atoms with Gasteiger partial charge in [0.1, 0.15) is 11.6 Å². The Balaban J connectivity index is 2.33. The minimum Gasteiger partial charge on any atom is -0.371 e. The van der Waals surface area contributed by atoms with Crippen molar-refractivity contribution in [3.8, 4) is 0 Å². The molecule has 1 aromatic rings. The van der Waals surface area contributed by atoms with Crippen LogP contribution >= 0.6 is 0 Å². The fourth-order valence-corrected chi connectivity index (χ4v) is 1.99. The maximum absolute atomic E-state index is 13.5. The molecule has 0 unspecified atom stereocenters. The van der Waals surface area contributed by atoms with Crippen LogP contribution in [0.5, 0.6) is 0 Å². The highest BCUT2D eigenvalue weighted by Crippen LogP contribution is 2.25. The van der Waals surface area contributed by atoms with Gasteiger partial charge in [-0.05, 0) is 38.3 Å². The van der Waals surface area contributed by atoms with E-state index >= 15 is 0 Å². The summed E-state index contributed by atoms with van der Waals surface area (Å²) in [4.78, 5) is 2.01. The lowest BCUT2D eigenvalue weighted by Gasteiger charge is -2.18. The number of halogens is 2. The summed E-state index contributed by atoms with van der Waals surface area (Å²) < 4.78 is 26.9. The highest BCUT2D eigenvalue weighted by molar-refractivity contribution is 5.49. The van der Waals surface area contributed by atoms with E-state index in [-0.39, 0.29) is 12.0 Å². The van der Waals surface area contributed by atoms with Crippen molar-refractivity contribution in [3.05, 3.63) is 36.3 Å². The molecular formula is C12H14F2N. The lowest BCUT2D eigenvalue weighted by molar-refractivity contribution is 0.562. The van der Waals surface area contributed by atoms with Gasteiger partial charge < -0.3 is 4.90 Å². The molecule has 0 amide bonds. The Morgan fingerprint density at radius 3 is 2.13 bits per heavy atom. The summed E-state index contributed by atoms with van der Waals surface area (Å²) in [5.74, 6) is -0.959. The fraction of sp³-hybridized carbons (Fsp3) is 0.417. The van der Waals surface area contributed by atoms with Gasteiger partial charge in [0, 0.05) is 24.3 Å². The van der Waals surface area contributed by atoms with Crippen molar-refractivity contribution in [2.75, 3.05) is 18.0 Å². The number of hydrogen-bond acceptors (Lipinski definition) is 1. The predicted octanol–water partition coefficient (Wildman–Crippen LogP) is 2.94. The molecule has 1 aliphatic heterocycles. The normalized spacial score (nSPS) is 16.1. The van der Waals surface area contributed by atoms with Crippen molar-refractivity contribution in [2.45, 2.75) is 19.3 Å². The first kappa shape index (κ1) is 10.4. The Labute approximate surface area is 88.7 Å². The monoisotopic (exact) mass is 210 g/mol. The van der Waals surface area contributed by atoms with Crippen LogP contribution in [0.4, 0.5) is 14.5 Å². The van der Waals surface area contributed by atoms with Gasteiger partial charge in [-0.2, -0.15) is 0 Å². The molecule has 0 saturated carbocycles. The molecule has 1 aliphatic rings. The molecule has 1 radical (unpaired) electrons. The Morgan fingerprint density at radius 1 is 1.13 bits per heavy atom. The summed E-state index contributed by atoms with van der Waals surface area (Å²) in [6, 6.07) is 2.82. The molecule has 0 aliphatic carbocycles. The molecule has 3 heteroatoms. The summed E-state index contributed by atoms with van der Waals surface area (Å²) in [7, 11) is 0. The SMILES string of the molecule is [CH2]Cc1c(F)cc(N2CCCC2)cc1F. The summed E-state index contributed by atoms with van der Waals surface area (Å²) in [6.45, 7) is 5.29. The molecule has 0 spiro atoms. The van der Waals surface area contributed by atoms with Gasteiger partial charge in [0.15, 0.2) is 0 Å². The van der Waals surface area contributed by atoms with Gasteiger partial charge in [-0.1, -0.05) is 0 Å². The van der Waals surface area contributed by atoms with Crippen LogP contribution in [0.15, 0.2) is 12.1 Å². The van der Waals surface area contributed by atoms with Gasteiger partial charge >= 0.3 is 0 Å². The molecule has 0 atom stereocenters. The highest BCUT2D eigenvalue weighted by Gasteiger charge is 2.16. The first-order chi connectivity index (χ1) is 7.22. The van der Waals surface area contributed by atoms with Crippen molar-refractivity contribution in [2.24, 2.45) is 0 Å². The summed E-state index contributed by atoms with van der Waals surface area (Å²) in [6.07, 6.45) is 2.35. The van der Waals surface area contributed by atoms with Crippen molar-refractivity contribution >= 4 is 5.69 Å². The third-order valence-electron chi connectivity index (χ3n) is 2.85. The van der Waals surface area contributed by atoms with E-state index < -0.39 is 11.6 Å². The van der Waals surface area contributed by atoms with Gasteiger partial charge in [-0.3, -0.25) is 0 Å². The number of nitrogens with zero attached hydrogens (tertiary/aromatic N) is 1. The molecule has 1 heterocycles. The van der Waals surface area contributed by atoms with Crippen LogP contribution in [0.2, 0.25) is 0 Å². The van der Waals surface area contributed by atoms with Crippen molar-refractivity contribution in [1.29, 1.82) is 0 Å². The summed E-state index contributed by atoms with van der Waals surface area (Å²) >= 11 is 0. The zero-order chi connectivity index (χ0) is 10.8. The zero-order valence-corrected chi connectivity index (χ0v) is 8.60. The van der Waals surface area contributed by atoms with Crippen LogP contribution in [0.25, 0.3) is 0 Å². The lowest BCUT2D eigenvalue weighted by Crippen LogP contribution is -2.18. The van der Waals surface area contributed by atoms with E-state index in [1.54, 1.807) is 0 Å². The van der Waals surface area contributed by atoms with Gasteiger partial charge in [0.25, 0.3) is 0 Å². The molecule has 1 aromatic carbocycles. The van der Waals surface area contributed by atoms with Gasteiger partial charge in [0.2, 0.25) is 0 Å². The summed E-state index contributed by atoms with van der Waals surface area (Å²) in [5.41, 5.74) is 0.734. The second-order valence-corrected chi connectivity index (χ2v) is 3.83. The number of hydrogen-bond donors (Lipinski definition) is 0. The maximum Gasteiger partial charge on any atom is 0.131 e. The Hall–Kier alpha value is -1.12. The van der Waals surface area contributed by atoms with E-state index in [0.29, 0.717) is 5.69 Å². The van der Waals surface area contributed by atoms with E-state index in [1.807, 2.05) is 4.90 Å². The molecule has 0 aromatic heterocycles. The Morgan fingerprint density at radius 2 is 1.67 bits per heavy atom. The number of benzene rings is 1. The molecule has 1 fully saturated rings. The first-order valence-electron chi connectivity index (χ1n) is 5.24. The average Bonchev–Trinajstić information content (AvgIpc) is 2.69. The van der Waals surface area contributed by atoms with Crippen LogP contribution in [0.1, 0.15) is 18.4 Å². The van der Waals surface area contributed by atoms with Crippen molar-refractivity contribution in [3.63, 3.8) is 0 Å². The minimum atomic E-state index is -0.480. The van der Waals surface area contributed by atoms with Gasteiger partial charge in [0.05, 0.1) is 0 Å². The maximum atomic E-state index is 13.5. The van der Waals surface area contributed by atoms with Crippen LogP contribution in [-0.2, 0) is 6.42 Å². The predicted molar refractivity (Wildman–Crippen MR) is 56.9 cm³/mol. The molecular weight excluding hydrogens is 196 g/mol. The minimum absolute atomic E-state index is 0.0814. The van der Waals surface area contributed by atoms with E-state index in [9.17, 15) is 8.78 Å². The van der Waals surface area contributed by atoms with Crippen LogP contribution < -0.4 is 4.90 Å². The Kier molecular flexibility index (Phi) is 2.89. The highest BCUT2D eigenvalue weighted by atomic mass is 19.1. The molecule has 15 heavy (non-hydrogen) atoms. The third-order valence-corrected chi connectivity index (χ3v) is 2.85. The smallest absolute Gasteiger partial charge is 0.131 e.